The maximum atomic E-state index is 5.34. The fraction of sp³-hybridized carbons (Fsp3) is 0.615. The first-order valence-corrected chi connectivity index (χ1v) is 7.07. The molecular weight excluding hydrogens is 296 g/mol. The van der Waals surface area contributed by atoms with Crippen molar-refractivity contribution in [3.63, 3.8) is 0 Å². The molecule has 100 valence electrons. The van der Waals surface area contributed by atoms with Gasteiger partial charge in [0.05, 0.1) is 26.0 Å². The Hall–Kier alpha value is -0.650. The molecule has 18 heavy (non-hydrogen) atoms. The molecule has 1 aromatic heterocycles. The second-order valence-electron chi connectivity index (χ2n) is 4.36. The number of pyridine rings is 1. The van der Waals surface area contributed by atoms with Crippen LogP contribution in [-0.4, -0.2) is 49.8 Å². The number of nitrogens with zero attached hydrogens (tertiary/aromatic N) is 2. The van der Waals surface area contributed by atoms with Crippen LogP contribution in [-0.2, 0) is 11.2 Å². The minimum Gasteiger partial charge on any atom is -0.495 e. The predicted molar refractivity (Wildman–Crippen MR) is 74.1 cm³/mol. The third kappa shape index (κ3) is 3.93. The fourth-order valence-corrected chi connectivity index (χ4v) is 2.42. The first kappa shape index (κ1) is 13.8. The minimum atomic E-state index is 0.861. The Kier molecular flexibility index (Phi) is 5.41. The number of hydrogen-bond donors (Lipinski definition) is 0. The van der Waals surface area contributed by atoms with Crippen LogP contribution in [0.15, 0.2) is 16.7 Å². The van der Waals surface area contributed by atoms with Crippen molar-refractivity contribution in [1.29, 1.82) is 0 Å². The van der Waals surface area contributed by atoms with Crippen LogP contribution in [0.25, 0.3) is 0 Å². The molecule has 2 rings (SSSR count). The summed E-state index contributed by atoms with van der Waals surface area (Å²) in [6.45, 7) is 4.92. The zero-order valence-electron chi connectivity index (χ0n) is 10.7. The van der Waals surface area contributed by atoms with E-state index in [1.807, 2.05) is 12.3 Å². The van der Waals surface area contributed by atoms with E-state index in [1.54, 1.807) is 7.11 Å². The van der Waals surface area contributed by atoms with E-state index in [2.05, 4.69) is 25.8 Å². The molecular formula is C13H19BrN2O2. The summed E-state index contributed by atoms with van der Waals surface area (Å²) < 4.78 is 11.6. The van der Waals surface area contributed by atoms with E-state index in [4.69, 9.17) is 9.47 Å². The summed E-state index contributed by atoms with van der Waals surface area (Å²) in [6, 6.07) is 1.97. The van der Waals surface area contributed by atoms with Crippen molar-refractivity contribution in [1.82, 2.24) is 9.88 Å². The summed E-state index contributed by atoms with van der Waals surface area (Å²) in [6.07, 6.45) is 3.88. The topological polar surface area (TPSA) is 34.6 Å². The van der Waals surface area contributed by atoms with Crippen LogP contribution in [0.5, 0.6) is 5.75 Å². The van der Waals surface area contributed by atoms with E-state index in [9.17, 15) is 0 Å². The summed E-state index contributed by atoms with van der Waals surface area (Å²) in [7, 11) is 1.69. The number of halogens is 1. The quantitative estimate of drug-likeness (QED) is 0.834. The Morgan fingerprint density at radius 2 is 2.22 bits per heavy atom. The molecule has 2 heterocycles. The lowest BCUT2D eigenvalue weighted by Crippen LogP contribution is -2.36. The first-order chi connectivity index (χ1) is 8.79. The van der Waals surface area contributed by atoms with Crippen LogP contribution in [0, 0.1) is 0 Å². The summed E-state index contributed by atoms with van der Waals surface area (Å²) >= 11 is 3.40. The van der Waals surface area contributed by atoms with Crippen LogP contribution in [0.2, 0.25) is 0 Å². The van der Waals surface area contributed by atoms with Gasteiger partial charge in [-0.15, -0.1) is 0 Å². The van der Waals surface area contributed by atoms with Crippen molar-refractivity contribution >= 4 is 15.9 Å². The normalized spacial score (nSPS) is 16.8. The van der Waals surface area contributed by atoms with Gasteiger partial charge in [0.25, 0.3) is 0 Å². The van der Waals surface area contributed by atoms with Crippen molar-refractivity contribution in [3.05, 3.63) is 22.4 Å². The molecule has 0 bridgehead atoms. The van der Waals surface area contributed by atoms with Crippen molar-refractivity contribution in [2.24, 2.45) is 0 Å². The molecule has 1 aromatic rings. The first-order valence-electron chi connectivity index (χ1n) is 6.28. The Morgan fingerprint density at radius 1 is 1.44 bits per heavy atom. The molecule has 0 aliphatic carbocycles. The Bertz CT molecular complexity index is 381. The molecule has 4 nitrogen and oxygen atoms in total. The van der Waals surface area contributed by atoms with E-state index in [0.29, 0.717) is 0 Å². The molecule has 0 saturated carbocycles. The van der Waals surface area contributed by atoms with Gasteiger partial charge >= 0.3 is 0 Å². The average Bonchev–Trinajstić information content (AvgIpc) is 2.41. The van der Waals surface area contributed by atoms with Crippen molar-refractivity contribution in [2.45, 2.75) is 12.8 Å². The van der Waals surface area contributed by atoms with Gasteiger partial charge in [-0.1, -0.05) is 0 Å². The largest absolute Gasteiger partial charge is 0.495 e. The molecule has 1 aliphatic rings. The SMILES string of the molecule is COc1cc(Br)cnc1CCCN1CCOCC1. The van der Waals surface area contributed by atoms with Gasteiger partial charge in [-0.3, -0.25) is 9.88 Å². The average molecular weight is 315 g/mol. The lowest BCUT2D eigenvalue weighted by Gasteiger charge is -2.26. The van der Waals surface area contributed by atoms with E-state index in [-0.39, 0.29) is 0 Å². The van der Waals surface area contributed by atoms with Gasteiger partial charge in [0, 0.05) is 23.8 Å². The Morgan fingerprint density at radius 3 is 2.94 bits per heavy atom. The summed E-state index contributed by atoms with van der Waals surface area (Å²) in [5.41, 5.74) is 1.04. The van der Waals surface area contributed by atoms with Crippen LogP contribution in [0.3, 0.4) is 0 Å². The molecule has 0 N–H and O–H groups in total. The molecule has 0 unspecified atom stereocenters. The standard InChI is InChI=1S/C13H19BrN2O2/c1-17-13-9-11(14)10-15-12(13)3-2-4-16-5-7-18-8-6-16/h9-10H,2-8H2,1H3. The molecule has 0 radical (unpaired) electrons. The number of hydrogen-bond acceptors (Lipinski definition) is 4. The van der Waals surface area contributed by atoms with Gasteiger partial charge in [-0.25, -0.2) is 0 Å². The van der Waals surface area contributed by atoms with Gasteiger partial charge in [-0.2, -0.15) is 0 Å². The molecule has 0 spiro atoms. The zero-order chi connectivity index (χ0) is 12.8. The molecule has 1 aliphatic heterocycles. The maximum absolute atomic E-state index is 5.34. The molecule has 1 fully saturated rings. The lowest BCUT2D eigenvalue weighted by molar-refractivity contribution is 0.0374. The Balaban J connectivity index is 1.82. The zero-order valence-corrected chi connectivity index (χ0v) is 12.3. The number of aryl methyl sites for hydroxylation is 1. The third-order valence-corrected chi connectivity index (χ3v) is 3.54. The monoisotopic (exact) mass is 314 g/mol. The number of rotatable bonds is 5. The molecule has 5 heteroatoms. The summed E-state index contributed by atoms with van der Waals surface area (Å²) in [5, 5.41) is 0. The van der Waals surface area contributed by atoms with Crippen molar-refractivity contribution in [2.75, 3.05) is 40.0 Å². The smallest absolute Gasteiger partial charge is 0.141 e. The van der Waals surface area contributed by atoms with Crippen LogP contribution >= 0.6 is 15.9 Å². The van der Waals surface area contributed by atoms with E-state index in [1.165, 1.54) is 0 Å². The number of ether oxygens (including phenoxy) is 2. The fourth-order valence-electron chi connectivity index (χ4n) is 2.11. The summed E-state index contributed by atoms with van der Waals surface area (Å²) in [4.78, 5) is 6.86. The number of morpholine rings is 1. The number of aromatic nitrogens is 1. The van der Waals surface area contributed by atoms with Crippen molar-refractivity contribution < 1.29 is 9.47 Å². The number of methoxy groups -OCH3 is 1. The minimum absolute atomic E-state index is 0.861. The highest BCUT2D eigenvalue weighted by molar-refractivity contribution is 9.10. The van der Waals surface area contributed by atoms with Gasteiger partial charge in [0.1, 0.15) is 5.75 Å². The predicted octanol–water partition coefficient (Wildman–Crippen LogP) is 2.12. The molecule has 1 saturated heterocycles. The van der Waals surface area contributed by atoms with Crippen LogP contribution in [0.4, 0.5) is 0 Å². The second-order valence-corrected chi connectivity index (χ2v) is 5.28. The van der Waals surface area contributed by atoms with Crippen LogP contribution < -0.4 is 4.74 Å². The van der Waals surface area contributed by atoms with E-state index >= 15 is 0 Å². The maximum Gasteiger partial charge on any atom is 0.141 e. The van der Waals surface area contributed by atoms with Gasteiger partial charge in [0.15, 0.2) is 0 Å². The van der Waals surface area contributed by atoms with E-state index in [0.717, 1.165) is 61.6 Å². The highest BCUT2D eigenvalue weighted by atomic mass is 79.9. The van der Waals surface area contributed by atoms with Crippen LogP contribution in [0.1, 0.15) is 12.1 Å². The van der Waals surface area contributed by atoms with Crippen molar-refractivity contribution in [3.8, 4) is 5.75 Å². The lowest BCUT2D eigenvalue weighted by atomic mass is 10.2. The molecule has 0 atom stereocenters. The second kappa shape index (κ2) is 7.07. The van der Waals surface area contributed by atoms with E-state index < -0.39 is 0 Å². The highest BCUT2D eigenvalue weighted by Crippen LogP contribution is 2.22. The Labute approximate surface area is 116 Å². The van der Waals surface area contributed by atoms with Gasteiger partial charge in [-0.05, 0) is 41.4 Å². The van der Waals surface area contributed by atoms with Gasteiger partial charge < -0.3 is 9.47 Å². The third-order valence-electron chi connectivity index (χ3n) is 3.11. The summed E-state index contributed by atoms with van der Waals surface area (Å²) in [5.74, 6) is 0.867. The highest BCUT2D eigenvalue weighted by Gasteiger charge is 2.11. The van der Waals surface area contributed by atoms with Gasteiger partial charge in [0.2, 0.25) is 0 Å². The molecule has 0 amide bonds. The molecule has 0 aromatic carbocycles.